The number of piperidine rings is 1. The summed E-state index contributed by atoms with van der Waals surface area (Å²) in [6, 6.07) is 4.36. The first-order valence-corrected chi connectivity index (χ1v) is 7.27. The third kappa shape index (κ3) is 2.78. The highest BCUT2D eigenvalue weighted by Gasteiger charge is 2.30. The van der Waals surface area contributed by atoms with E-state index in [0.29, 0.717) is 11.6 Å². The molecule has 19 heavy (non-hydrogen) atoms. The van der Waals surface area contributed by atoms with Gasteiger partial charge in [0.15, 0.2) is 0 Å². The normalized spacial score (nSPS) is 24.6. The summed E-state index contributed by atoms with van der Waals surface area (Å²) >= 11 is 0. The lowest BCUT2D eigenvalue weighted by atomic mass is 9.88. The fourth-order valence-electron chi connectivity index (χ4n) is 3.29. The summed E-state index contributed by atoms with van der Waals surface area (Å²) in [7, 11) is 0. The predicted molar refractivity (Wildman–Crippen MR) is 73.9 cm³/mol. The number of carbonyl (C=O) groups is 1. The number of hydrogen-bond acceptors (Lipinski definition) is 3. The quantitative estimate of drug-likeness (QED) is 0.879. The van der Waals surface area contributed by atoms with Gasteiger partial charge in [0.2, 0.25) is 0 Å². The minimum absolute atomic E-state index is 0.130. The van der Waals surface area contributed by atoms with E-state index in [1.165, 1.54) is 19.4 Å². The Bertz CT molecular complexity index is 420. The first-order valence-electron chi connectivity index (χ1n) is 7.27. The van der Waals surface area contributed by atoms with Crippen molar-refractivity contribution in [3.05, 3.63) is 30.1 Å². The molecule has 0 radical (unpaired) electrons. The fourth-order valence-corrected chi connectivity index (χ4v) is 3.29. The van der Waals surface area contributed by atoms with Gasteiger partial charge in [0, 0.05) is 31.5 Å². The molecule has 4 nitrogen and oxygen atoms in total. The molecule has 3 heterocycles. The van der Waals surface area contributed by atoms with Gasteiger partial charge >= 0.3 is 0 Å². The summed E-state index contributed by atoms with van der Waals surface area (Å²) in [5.41, 5.74) is 0.708. The van der Waals surface area contributed by atoms with Crippen LogP contribution in [-0.4, -0.2) is 41.5 Å². The maximum Gasteiger partial charge on any atom is 0.255 e. The van der Waals surface area contributed by atoms with Crippen molar-refractivity contribution in [1.82, 2.24) is 15.2 Å². The molecule has 0 aromatic carbocycles. The van der Waals surface area contributed by atoms with Crippen LogP contribution in [0.25, 0.3) is 0 Å². The molecule has 1 aromatic rings. The largest absolute Gasteiger partial charge is 0.339 e. The minimum Gasteiger partial charge on any atom is -0.339 e. The van der Waals surface area contributed by atoms with Crippen molar-refractivity contribution in [2.24, 2.45) is 5.92 Å². The SMILES string of the molecule is O=C(c1cccnc1)N1CCC(C2CCCN2)CC1. The standard InChI is InChI=1S/C15H21N3O/c19-15(13-3-1-7-16-11-13)18-9-5-12(6-10-18)14-4-2-8-17-14/h1,3,7,11-12,14,17H,2,4-6,8-10H2. The number of carbonyl (C=O) groups excluding carboxylic acids is 1. The van der Waals surface area contributed by atoms with E-state index in [-0.39, 0.29) is 5.91 Å². The average Bonchev–Trinajstić information content (AvgIpc) is 3.02. The van der Waals surface area contributed by atoms with Gasteiger partial charge in [-0.3, -0.25) is 9.78 Å². The van der Waals surface area contributed by atoms with Crippen molar-refractivity contribution in [2.75, 3.05) is 19.6 Å². The van der Waals surface area contributed by atoms with Crippen molar-refractivity contribution in [1.29, 1.82) is 0 Å². The minimum atomic E-state index is 0.130. The van der Waals surface area contributed by atoms with Gasteiger partial charge < -0.3 is 10.2 Å². The Kier molecular flexibility index (Phi) is 3.78. The molecule has 2 saturated heterocycles. The molecule has 1 amide bonds. The Morgan fingerprint density at radius 2 is 2.16 bits per heavy atom. The third-order valence-electron chi connectivity index (χ3n) is 4.40. The molecule has 2 fully saturated rings. The molecular formula is C15H21N3O. The van der Waals surface area contributed by atoms with Gasteiger partial charge in [-0.25, -0.2) is 0 Å². The summed E-state index contributed by atoms with van der Waals surface area (Å²) in [5.74, 6) is 0.881. The molecular weight excluding hydrogens is 238 g/mol. The summed E-state index contributed by atoms with van der Waals surface area (Å²) in [6.45, 7) is 2.94. The molecule has 1 atom stereocenters. The number of likely N-dealkylation sites (tertiary alicyclic amines) is 1. The van der Waals surface area contributed by atoms with E-state index < -0.39 is 0 Å². The van der Waals surface area contributed by atoms with Gasteiger partial charge in [0.05, 0.1) is 5.56 Å². The monoisotopic (exact) mass is 259 g/mol. The van der Waals surface area contributed by atoms with Gasteiger partial charge in [-0.15, -0.1) is 0 Å². The Balaban J connectivity index is 1.56. The molecule has 1 aromatic heterocycles. The lowest BCUT2D eigenvalue weighted by molar-refractivity contribution is 0.0674. The zero-order chi connectivity index (χ0) is 13.1. The Labute approximate surface area is 114 Å². The van der Waals surface area contributed by atoms with Gasteiger partial charge in [-0.05, 0) is 50.3 Å². The van der Waals surface area contributed by atoms with E-state index in [1.54, 1.807) is 12.4 Å². The lowest BCUT2D eigenvalue weighted by Gasteiger charge is -2.34. The van der Waals surface area contributed by atoms with Crippen molar-refractivity contribution in [2.45, 2.75) is 31.7 Å². The lowest BCUT2D eigenvalue weighted by Crippen LogP contribution is -2.43. The second-order valence-electron chi connectivity index (χ2n) is 5.57. The van der Waals surface area contributed by atoms with Crippen LogP contribution >= 0.6 is 0 Å². The highest BCUT2D eigenvalue weighted by molar-refractivity contribution is 5.93. The summed E-state index contributed by atoms with van der Waals surface area (Å²) in [6.07, 6.45) is 8.23. The number of hydrogen-bond donors (Lipinski definition) is 1. The van der Waals surface area contributed by atoms with E-state index in [1.807, 2.05) is 17.0 Å². The molecule has 0 aliphatic carbocycles. The second-order valence-corrected chi connectivity index (χ2v) is 5.57. The molecule has 2 aliphatic rings. The van der Waals surface area contributed by atoms with Crippen LogP contribution in [0.15, 0.2) is 24.5 Å². The second kappa shape index (κ2) is 5.70. The average molecular weight is 259 g/mol. The maximum absolute atomic E-state index is 12.3. The van der Waals surface area contributed by atoms with E-state index in [0.717, 1.165) is 31.8 Å². The number of amides is 1. The van der Waals surface area contributed by atoms with Crippen LogP contribution in [-0.2, 0) is 0 Å². The van der Waals surface area contributed by atoms with Gasteiger partial charge in [0.25, 0.3) is 5.91 Å². The van der Waals surface area contributed by atoms with Crippen LogP contribution in [0.5, 0.6) is 0 Å². The van der Waals surface area contributed by atoms with Crippen LogP contribution in [0.2, 0.25) is 0 Å². The van der Waals surface area contributed by atoms with Crippen molar-refractivity contribution in [3.8, 4) is 0 Å². The number of rotatable bonds is 2. The highest BCUT2D eigenvalue weighted by atomic mass is 16.2. The predicted octanol–water partition coefficient (Wildman–Crippen LogP) is 1.69. The molecule has 2 aliphatic heterocycles. The molecule has 3 rings (SSSR count). The van der Waals surface area contributed by atoms with Crippen LogP contribution in [0, 0.1) is 5.92 Å². The number of nitrogens with one attached hydrogen (secondary N) is 1. The van der Waals surface area contributed by atoms with E-state index >= 15 is 0 Å². The molecule has 102 valence electrons. The zero-order valence-electron chi connectivity index (χ0n) is 11.2. The molecule has 1 unspecified atom stereocenters. The number of aromatic nitrogens is 1. The van der Waals surface area contributed by atoms with E-state index in [9.17, 15) is 4.79 Å². The molecule has 0 spiro atoms. The number of nitrogens with zero attached hydrogens (tertiary/aromatic N) is 2. The summed E-state index contributed by atoms with van der Waals surface area (Å²) in [4.78, 5) is 18.3. The van der Waals surface area contributed by atoms with Gasteiger partial charge in [-0.1, -0.05) is 0 Å². The molecule has 0 bridgehead atoms. The van der Waals surface area contributed by atoms with E-state index in [2.05, 4.69) is 10.3 Å². The molecule has 4 heteroatoms. The van der Waals surface area contributed by atoms with Crippen molar-refractivity contribution >= 4 is 5.91 Å². The first-order chi connectivity index (χ1) is 9.34. The summed E-state index contributed by atoms with van der Waals surface area (Å²) < 4.78 is 0. The highest BCUT2D eigenvalue weighted by Crippen LogP contribution is 2.26. The Morgan fingerprint density at radius 3 is 2.79 bits per heavy atom. The summed E-state index contributed by atoms with van der Waals surface area (Å²) in [5, 5.41) is 3.59. The van der Waals surface area contributed by atoms with Crippen molar-refractivity contribution in [3.63, 3.8) is 0 Å². The Hall–Kier alpha value is -1.42. The van der Waals surface area contributed by atoms with Crippen LogP contribution in [0.1, 0.15) is 36.0 Å². The molecule has 0 saturated carbocycles. The molecule has 1 N–H and O–H groups in total. The van der Waals surface area contributed by atoms with Gasteiger partial charge in [-0.2, -0.15) is 0 Å². The maximum atomic E-state index is 12.3. The van der Waals surface area contributed by atoms with Crippen molar-refractivity contribution < 1.29 is 4.79 Å². The Morgan fingerprint density at radius 1 is 1.32 bits per heavy atom. The topological polar surface area (TPSA) is 45.2 Å². The van der Waals surface area contributed by atoms with Crippen LogP contribution in [0.4, 0.5) is 0 Å². The van der Waals surface area contributed by atoms with Crippen LogP contribution in [0.3, 0.4) is 0 Å². The smallest absolute Gasteiger partial charge is 0.255 e. The number of pyridine rings is 1. The van der Waals surface area contributed by atoms with Crippen LogP contribution < -0.4 is 5.32 Å². The van der Waals surface area contributed by atoms with Gasteiger partial charge in [0.1, 0.15) is 0 Å². The fraction of sp³-hybridized carbons (Fsp3) is 0.600. The van der Waals surface area contributed by atoms with E-state index in [4.69, 9.17) is 0 Å². The third-order valence-corrected chi connectivity index (χ3v) is 4.40. The first kappa shape index (κ1) is 12.6. The zero-order valence-corrected chi connectivity index (χ0v) is 11.2.